The van der Waals surface area contributed by atoms with E-state index in [1.54, 1.807) is 25.3 Å². The molecule has 0 fully saturated rings. The van der Waals surface area contributed by atoms with Gasteiger partial charge in [0, 0.05) is 0 Å². The molecule has 0 N–H and O–H groups in total. The third-order valence-electron chi connectivity index (χ3n) is 3.63. The predicted octanol–water partition coefficient (Wildman–Crippen LogP) is 5.12. The molecule has 0 aliphatic heterocycles. The number of ether oxygens (including phenoxy) is 2. The van der Waals surface area contributed by atoms with Gasteiger partial charge in [0.15, 0.2) is 0 Å². The zero-order valence-corrected chi connectivity index (χ0v) is 16.2. The van der Waals surface area contributed by atoms with Gasteiger partial charge in [-0.05, 0) is 70.3 Å². The van der Waals surface area contributed by atoms with E-state index < -0.39 is 0 Å². The van der Waals surface area contributed by atoms with E-state index in [4.69, 9.17) is 9.47 Å². The van der Waals surface area contributed by atoms with Gasteiger partial charge in [0.1, 0.15) is 11.5 Å². The molecule has 0 spiro atoms. The second-order valence-electron chi connectivity index (χ2n) is 6.47. The molecule has 3 nitrogen and oxygen atoms in total. The molecular weight excluding hydrogens is 403 g/mol. The first kappa shape index (κ1) is 17.8. The molecule has 0 saturated carbocycles. The highest BCUT2D eigenvalue weighted by atomic mass is 127. The molecular formula is C19H21IO3. The number of benzene rings is 2. The maximum Gasteiger partial charge on any atom is 0.343 e. The molecule has 0 aliphatic carbocycles. The Bertz CT molecular complexity index is 730. The number of hydrogen-bond donors (Lipinski definition) is 0. The lowest BCUT2D eigenvalue weighted by molar-refractivity contribution is 0.0733. The Hall–Kier alpha value is -1.56. The van der Waals surface area contributed by atoms with Crippen molar-refractivity contribution in [2.24, 2.45) is 0 Å². The van der Waals surface area contributed by atoms with E-state index in [1.165, 1.54) is 5.56 Å². The summed E-state index contributed by atoms with van der Waals surface area (Å²) in [6, 6.07) is 11.2. The summed E-state index contributed by atoms with van der Waals surface area (Å²) in [5.74, 6) is 0.971. The summed E-state index contributed by atoms with van der Waals surface area (Å²) < 4.78 is 11.6. The topological polar surface area (TPSA) is 35.5 Å². The van der Waals surface area contributed by atoms with E-state index in [0.717, 1.165) is 14.9 Å². The second-order valence-corrected chi connectivity index (χ2v) is 7.63. The number of rotatable bonds is 3. The van der Waals surface area contributed by atoms with Crippen LogP contribution in [0.25, 0.3) is 0 Å². The minimum Gasteiger partial charge on any atom is -0.496 e. The summed E-state index contributed by atoms with van der Waals surface area (Å²) in [4.78, 5) is 12.3. The van der Waals surface area contributed by atoms with E-state index in [2.05, 4.69) is 49.4 Å². The Balaban J connectivity index is 2.22. The summed E-state index contributed by atoms with van der Waals surface area (Å²) in [6.07, 6.45) is 0. The molecule has 0 radical (unpaired) electrons. The Morgan fingerprint density at radius 3 is 2.22 bits per heavy atom. The zero-order valence-electron chi connectivity index (χ0n) is 14.1. The molecule has 4 heteroatoms. The van der Waals surface area contributed by atoms with E-state index in [0.29, 0.717) is 11.3 Å². The highest BCUT2D eigenvalue weighted by Gasteiger charge is 2.17. The number of halogens is 1. The van der Waals surface area contributed by atoms with Crippen molar-refractivity contribution in [3.05, 3.63) is 56.7 Å². The van der Waals surface area contributed by atoms with Crippen molar-refractivity contribution < 1.29 is 14.3 Å². The quantitative estimate of drug-likeness (QED) is 0.390. The average Bonchev–Trinajstić information content (AvgIpc) is 2.48. The van der Waals surface area contributed by atoms with Crippen LogP contribution in [0, 0.1) is 10.5 Å². The molecule has 0 amide bonds. The summed E-state index contributed by atoms with van der Waals surface area (Å²) in [6.45, 7) is 8.43. The Kier molecular flexibility index (Phi) is 5.34. The fourth-order valence-corrected chi connectivity index (χ4v) is 2.92. The molecule has 0 atom stereocenters. The van der Waals surface area contributed by atoms with Gasteiger partial charge < -0.3 is 9.47 Å². The molecule has 0 bridgehead atoms. The third kappa shape index (κ3) is 4.25. The highest BCUT2D eigenvalue weighted by Crippen LogP contribution is 2.28. The monoisotopic (exact) mass is 424 g/mol. The van der Waals surface area contributed by atoms with Crippen LogP contribution in [0.1, 0.15) is 42.3 Å². The summed E-state index contributed by atoms with van der Waals surface area (Å²) >= 11 is 2.14. The van der Waals surface area contributed by atoms with E-state index in [1.807, 2.05) is 19.1 Å². The van der Waals surface area contributed by atoms with Crippen LogP contribution in [0.3, 0.4) is 0 Å². The first-order valence-corrected chi connectivity index (χ1v) is 8.47. The van der Waals surface area contributed by atoms with Gasteiger partial charge in [0.05, 0.1) is 16.2 Å². The molecule has 23 heavy (non-hydrogen) atoms. The largest absolute Gasteiger partial charge is 0.496 e. The van der Waals surface area contributed by atoms with Crippen LogP contribution in [0.5, 0.6) is 11.5 Å². The molecule has 122 valence electrons. The minimum absolute atomic E-state index is 0.0688. The van der Waals surface area contributed by atoms with Crippen molar-refractivity contribution in [3.8, 4) is 11.5 Å². The van der Waals surface area contributed by atoms with Gasteiger partial charge in [-0.15, -0.1) is 0 Å². The third-order valence-corrected chi connectivity index (χ3v) is 4.47. The van der Waals surface area contributed by atoms with E-state index >= 15 is 0 Å². The molecule has 0 aliphatic rings. The van der Waals surface area contributed by atoms with Crippen molar-refractivity contribution in [2.45, 2.75) is 33.1 Å². The fraction of sp³-hybridized carbons (Fsp3) is 0.316. The summed E-state index contributed by atoms with van der Waals surface area (Å²) in [7, 11) is 1.61. The molecule has 0 unspecified atom stereocenters. The van der Waals surface area contributed by atoms with Gasteiger partial charge in [0.25, 0.3) is 0 Å². The molecule has 2 aromatic rings. The van der Waals surface area contributed by atoms with Gasteiger partial charge in [-0.1, -0.05) is 32.9 Å². The molecule has 0 saturated heterocycles. The van der Waals surface area contributed by atoms with Gasteiger partial charge in [0.2, 0.25) is 0 Å². The number of esters is 1. The number of hydrogen-bond acceptors (Lipinski definition) is 3. The number of methoxy groups -OCH3 is 1. The van der Waals surface area contributed by atoms with E-state index in [9.17, 15) is 4.79 Å². The van der Waals surface area contributed by atoms with Crippen molar-refractivity contribution in [2.75, 3.05) is 7.11 Å². The molecule has 0 heterocycles. The van der Waals surface area contributed by atoms with Gasteiger partial charge in [-0.2, -0.15) is 0 Å². The van der Waals surface area contributed by atoms with Gasteiger partial charge in [-0.25, -0.2) is 4.79 Å². The SMILES string of the molecule is COc1ccc(C(=O)Oc2ccc(C(C)(C)C)cc2C)cc1I. The predicted molar refractivity (Wildman–Crippen MR) is 101 cm³/mol. The average molecular weight is 424 g/mol. The van der Waals surface area contributed by atoms with Crippen LogP contribution in [0.2, 0.25) is 0 Å². The molecule has 0 aromatic heterocycles. The van der Waals surface area contributed by atoms with Crippen LogP contribution in [-0.2, 0) is 5.41 Å². The second kappa shape index (κ2) is 6.91. The summed E-state index contributed by atoms with van der Waals surface area (Å²) in [5, 5.41) is 0. The Labute approximate surface area is 151 Å². The van der Waals surface area contributed by atoms with Crippen molar-refractivity contribution >= 4 is 28.6 Å². The van der Waals surface area contributed by atoms with Crippen LogP contribution >= 0.6 is 22.6 Å². The maximum absolute atomic E-state index is 12.3. The van der Waals surface area contributed by atoms with Crippen LogP contribution < -0.4 is 9.47 Å². The fourth-order valence-electron chi connectivity index (χ4n) is 2.18. The van der Waals surface area contributed by atoms with Crippen LogP contribution in [-0.4, -0.2) is 13.1 Å². The van der Waals surface area contributed by atoms with Crippen LogP contribution in [0.15, 0.2) is 36.4 Å². The van der Waals surface area contributed by atoms with Crippen molar-refractivity contribution in [1.82, 2.24) is 0 Å². The first-order chi connectivity index (χ1) is 10.7. The lowest BCUT2D eigenvalue weighted by Gasteiger charge is -2.20. The number of carbonyl (C=O) groups excluding carboxylic acids is 1. The standard InChI is InChI=1S/C19H21IO3/c1-12-10-14(19(2,3)4)7-9-16(12)23-18(21)13-6-8-17(22-5)15(20)11-13/h6-11H,1-5H3. The highest BCUT2D eigenvalue weighted by molar-refractivity contribution is 14.1. The van der Waals surface area contributed by atoms with E-state index in [-0.39, 0.29) is 11.4 Å². The summed E-state index contributed by atoms with van der Waals surface area (Å²) in [5.41, 5.74) is 2.75. The Morgan fingerprint density at radius 2 is 1.70 bits per heavy atom. The lowest BCUT2D eigenvalue weighted by Crippen LogP contribution is -2.13. The molecule has 2 aromatic carbocycles. The van der Waals surface area contributed by atoms with Crippen molar-refractivity contribution in [1.29, 1.82) is 0 Å². The van der Waals surface area contributed by atoms with Crippen molar-refractivity contribution in [3.63, 3.8) is 0 Å². The molecule has 2 rings (SSSR count). The smallest absolute Gasteiger partial charge is 0.343 e. The van der Waals surface area contributed by atoms with Gasteiger partial charge >= 0.3 is 5.97 Å². The lowest BCUT2D eigenvalue weighted by atomic mass is 9.86. The first-order valence-electron chi connectivity index (χ1n) is 7.39. The van der Waals surface area contributed by atoms with Gasteiger partial charge in [-0.3, -0.25) is 0 Å². The minimum atomic E-state index is -0.364. The normalized spacial score (nSPS) is 11.2. The number of carbonyl (C=O) groups is 1. The Morgan fingerprint density at radius 1 is 1.04 bits per heavy atom. The number of aryl methyl sites for hydroxylation is 1. The van der Waals surface area contributed by atoms with Crippen LogP contribution in [0.4, 0.5) is 0 Å². The zero-order chi connectivity index (χ0) is 17.2. The maximum atomic E-state index is 12.3.